The van der Waals surface area contributed by atoms with Gasteiger partial charge in [0.25, 0.3) is 16.4 Å². The van der Waals surface area contributed by atoms with E-state index in [4.69, 9.17) is 27.9 Å². The summed E-state index contributed by atoms with van der Waals surface area (Å²) in [6.07, 6.45) is -2.87. The Bertz CT molecular complexity index is 2210. The highest BCUT2D eigenvalue weighted by atomic mass is 35.5. The Morgan fingerprint density at radius 3 is 2.31 bits per heavy atom. The van der Waals surface area contributed by atoms with E-state index in [0.29, 0.717) is 21.7 Å². The quantitative estimate of drug-likeness (QED) is 0.157. The molecule has 4 aromatic carbocycles. The number of aromatic nitrogens is 1. The lowest BCUT2D eigenvalue weighted by Gasteiger charge is -2.15. The fraction of sp³-hybridized carbons (Fsp3) is 0.0606. The fourth-order valence-electron chi connectivity index (χ4n) is 5.26. The highest BCUT2D eigenvalue weighted by molar-refractivity contribution is 7.90. The molecule has 6 aromatic rings. The van der Waals surface area contributed by atoms with Crippen molar-refractivity contribution in [1.29, 1.82) is 0 Å². The van der Waals surface area contributed by atoms with Gasteiger partial charge in [0.1, 0.15) is 5.82 Å². The molecule has 6 rings (SSSR count). The number of carbonyl (C=O) groups excluding carboxylic acids is 1. The van der Waals surface area contributed by atoms with E-state index in [1.54, 1.807) is 30.3 Å². The smallest absolute Gasteiger partial charge is 0.337 e. The van der Waals surface area contributed by atoms with Crippen molar-refractivity contribution in [3.05, 3.63) is 123 Å². The zero-order valence-corrected chi connectivity index (χ0v) is 26.2. The van der Waals surface area contributed by atoms with E-state index in [-0.39, 0.29) is 48.1 Å². The number of fused-ring (bicyclic) bond motifs is 1. The number of halogens is 5. The molecule has 0 atom stereocenters. The molecule has 2 aromatic heterocycles. The Hall–Kier alpha value is -4.09. The third kappa shape index (κ3) is 5.52. The van der Waals surface area contributed by atoms with E-state index in [1.807, 2.05) is 0 Å². The van der Waals surface area contributed by atoms with Crippen LogP contribution in [0.2, 0.25) is 10.0 Å². The Morgan fingerprint density at radius 2 is 1.62 bits per heavy atom. The summed E-state index contributed by atoms with van der Waals surface area (Å²) in [5.41, 5.74) is 1.98. The zero-order valence-electron chi connectivity index (χ0n) is 23.1. The number of alkyl halides is 2. The normalized spacial score (nSPS) is 11.8. The van der Waals surface area contributed by atoms with Gasteiger partial charge in [0.2, 0.25) is 0 Å². The van der Waals surface area contributed by atoms with Crippen molar-refractivity contribution in [3.8, 4) is 33.5 Å². The number of nitrogens with zero attached hydrogens (tertiary/aromatic N) is 1. The first-order chi connectivity index (χ1) is 21.5. The Labute approximate surface area is 270 Å². The van der Waals surface area contributed by atoms with Crippen molar-refractivity contribution in [2.24, 2.45) is 0 Å². The summed E-state index contributed by atoms with van der Waals surface area (Å²) in [5, 5.41) is 2.16. The van der Waals surface area contributed by atoms with Gasteiger partial charge in [0.05, 0.1) is 33.7 Å². The van der Waals surface area contributed by atoms with Crippen LogP contribution in [0.25, 0.3) is 44.4 Å². The minimum Gasteiger partial charge on any atom is -0.465 e. The highest BCUT2D eigenvalue weighted by Gasteiger charge is 2.31. The molecule has 0 amide bonds. The lowest BCUT2D eigenvalue weighted by molar-refractivity contribution is 0.0600. The van der Waals surface area contributed by atoms with Crippen LogP contribution in [-0.2, 0) is 14.8 Å². The molecule has 0 saturated carbocycles. The molecule has 0 unspecified atom stereocenters. The first-order valence-electron chi connectivity index (χ1n) is 13.2. The SMILES string of the molecule is COC(=O)c1ccc(-c2cccc(-c3c(-c4ccsc4C(F)F)c4cc(F)ccc4n3S(=O)(=O)c3ccc(Cl)cc3)c2)c(Cl)c1. The topological polar surface area (TPSA) is 65.4 Å². The van der Waals surface area contributed by atoms with Crippen molar-refractivity contribution in [2.75, 3.05) is 7.11 Å². The van der Waals surface area contributed by atoms with Gasteiger partial charge in [-0.05, 0) is 77.7 Å². The number of thiophene rings is 1. The van der Waals surface area contributed by atoms with Crippen molar-refractivity contribution >= 4 is 61.4 Å². The third-order valence-electron chi connectivity index (χ3n) is 7.24. The molecule has 228 valence electrons. The number of ether oxygens (including phenoxy) is 1. The molecule has 0 radical (unpaired) electrons. The minimum absolute atomic E-state index is 0.0509. The van der Waals surface area contributed by atoms with E-state index in [9.17, 15) is 26.4 Å². The second-order valence-corrected chi connectivity index (χ2v) is 13.5. The molecule has 2 heterocycles. The molecule has 45 heavy (non-hydrogen) atoms. The molecule has 0 saturated heterocycles. The molecule has 0 N–H and O–H groups in total. The zero-order chi connectivity index (χ0) is 32.0. The average molecular weight is 687 g/mol. The molecule has 0 fully saturated rings. The van der Waals surface area contributed by atoms with Crippen molar-refractivity contribution < 1.29 is 31.1 Å². The maximum Gasteiger partial charge on any atom is 0.337 e. The van der Waals surface area contributed by atoms with Crippen molar-refractivity contribution in [2.45, 2.75) is 11.3 Å². The van der Waals surface area contributed by atoms with Gasteiger partial charge in [-0.15, -0.1) is 11.3 Å². The number of benzene rings is 4. The summed E-state index contributed by atoms with van der Waals surface area (Å²) in [7, 11) is -3.16. The number of hydrogen-bond acceptors (Lipinski definition) is 5. The largest absolute Gasteiger partial charge is 0.465 e. The lowest BCUT2D eigenvalue weighted by atomic mass is 9.96. The number of esters is 1. The van der Waals surface area contributed by atoms with Crippen LogP contribution >= 0.6 is 34.5 Å². The molecule has 0 aliphatic carbocycles. The van der Waals surface area contributed by atoms with Crippen LogP contribution in [0.5, 0.6) is 0 Å². The Morgan fingerprint density at radius 1 is 0.889 bits per heavy atom. The number of carbonyl (C=O) groups is 1. The van der Waals surface area contributed by atoms with Gasteiger partial charge >= 0.3 is 5.97 Å². The van der Waals surface area contributed by atoms with Gasteiger partial charge in [-0.25, -0.2) is 30.4 Å². The van der Waals surface area contributed by atoms with Crippen LogP contribution < -0.4 is 0 Å². The van der Waals surface area contributed by atoms with Gasteiger partial charge in [-0.2, -0.15) is 0 Å². The van der Waals surface area contributed by atoms with E-state index in [2.05, 4.69) is 0 Å². The van der Waals surface area contributed by atoms with Gasteiger partial charge in [0, 0.05) is 37.7 Å². The van der Waals surface area contributed by atoms with Crippen molar-refractivity contribution in [1.82, 2.24) is 3.97 Å². The maximum absolute atomic E-state index is 14.8. The van der Waals surface area contributed by atoms with E-state index >= 15 is 0 Å². The predicted octanol–water partition coefficient (Wildman–Crippen LogP) is 10.1. The molecular weight excluding hydrogens is 666 g/mol. The molecule has 0 spiro atoms. The molecule has 0 bridgehead atoms. The number of hydrogen-bond donors (Lipinski definition) is 0. The van der Waals surface area contributed by atoms with E-state index in [1.165, 1.54) is 61.0 Å². The number of rotatable bonds is 7. The van der Waals surface area contributed by atoms with Crippen LogP contribution in [0.15, 0.2) is 101 Å². The minimum atomic E-state index is -4.41. The van der Waals surface area contributed by atoms with Crippen LogP contribution in [0, 0.1) is 5.82 Å². The molecule has 0 aliphatic heterocycles. The van der Waals surface area contributed by atoms with Gasteiger partial charge in [-0.1, -0.05) is 47.5 Å². The average Bonchev–Trinajstić information content (AvgIpc) is 3.64. The summed E-state index contributed by atoms with van der Waals surface area (Å²) in [6.45, 7) is 0. The molecule has 12 heteroatoms. The van der Waals surface area contributed by atoms with Crippen LogP contribution in [0.4, 0.5) is 13.2 Å². The Balaban J connectivity index is 1.70. The summed E-state index contributed by atoms with van der Waals surface area (Å²) in [4.78, 5) is 11.6. The second-order valence-electron chi connectivity index (χ2n) is 9.87. The van der Waals surface area contributed by atoms with Crippen LogP contribution in [-0.4, -0.2) is 25.5 Å². The second kappa shape index (κ2) is 12.0. The summed E-state index contributed by atoms with van der Waals surface area (Å²) >= 11 is 13.4. The molecule has 0 aliphatic rings. The summed E-state index contributed by atoms with van der Waals surface area (Å²) < 4.78 is 78.0. The molecular formula is C33H20Cl2F3NO4S2. The summed E-state index contributed by atoms with van der Waals surface area (Å²) in [5.74, 6) is -1.24. The van der Waals surface area contributed by atoms with Gasteiger partial charge in [-0.3, -0.25) is 0 Å². The van der Waals surface area contributed by atoms with Crippen LogP contribution in [0.3, 0.4) is 0 Å². The van der Waals surface area contributed by atoms with Gasteiger partial charge in [0.15, 0.2) is 0 Å². The van der Waals surface area contributed by atoms with E-state index in [0.717, 1.165) is 27.4 Å². The predicted molar refractivity (Wildman–Crippen MR) is 171 cm³/mol. The highest BCUT2D eigenvalue weighted by Crippen LogP contribution is 2.48. The molecule has 5 nitrogen and oxygen atoms in total. The number of methoxy groups -OCH3 is 1. The van der Waals surface area contributed by atoms with Crippen molar-refractivity contribution in [3.63, 3.8) is 0 Å². The monoisotopic (exact) mass is 685 g/mol. The van der Waals surface area contributed by atoms with Crippen LogP contribution in [0.1, 0.15) is 21.7 Å². The maximum atomic E-state index is 14.8. The van der Waals surface area contributed by atoms with E-state index < -0.39 is 28.2 Å². The summed E-state index contributed by atoms with van der Waals surface area (Å²) in [6, 6.07) is 21.9. The van der Waals surface area contributed by atoms with Gasteiger partial charge < -0.3 is 4.74 Å². The standard InChI is InChI=1S/C33H20Cl2F3NO4S2/c1-43-33(40)20-5-11-24(27(35)16-20)18-3-2-4-19(15-18)30-29(25-13-14-44-31(25)32(37)38)26-17-22(36)8-12-28(26)39(30)45(41,42)23-9-6-21(34)7-10-23/h2-17,32H,1H3. The first kappa shape index (κ1) is 30.9. The third-order valence-corrected chi connectivity index (χ3v) is 10.5. The Kier molecular flexibility index (Phi) is 8.26. The lowest BCUT2D eigenvalue weighted by Crippen LogP contribution is -2.14. The fourth-order valence-corrected chi connectivity index (χ4v) is 7.97. The first-order valence-corrected chi connectivity index (χ1v) is 16.3.